The van der Waals surface area contributed by atoms with Gasteiger partial charge < -0.3 is 25.0 Å². The second-order valence-electron chi connectivity index (χ2n) is 5.89. The van der Waals surface area contributed by atoms with Crippen molar-refractivity contribution in [1.82, 2.24) is 4.90 Å². The zero-order valence-corrected chi connectivity index (χ0v) is 13.4. The maximum Gasteiger partial charge on any atom is 0.123 e. The normalized spacial score (nSPS) is 22.5. The molecule has 0 heterocycles. The molecular weight excluding hydrogens is 282 g/mol. The van der Waals surface area contributed by atoms with Crippen LogP contribution in [0.4, 0.5) is 0 Å². The number of fused-ring (bicyclic) bond motifs is 1. The molecular formula is C17H27NO4. The van der Waals surface area contributed by atoms with Crippen LogP contribution in [0.5, 0.6) is 5.75 Å². The lowest BCUT2D eigenvalue weighted by atomic mass is 9.87. The van der Waals surface area contributed by atoms with Crippen LogP contribution in [0.1, 0.15) is 25.0 Å². The summed E-state index contributed by atoms with van der Waals surface area (Å²) in [6.45, 7) is 6.75. The first-order valence-electron chi connectivity index (χ1n) is 8.05. The number of aliphatic hydroxyl groups excluding tert-OH is 3. The van der Waals surface area contributed by atoms with Gasteiger partial charge in [-0.1, -0.05) is 26.0 Å². The van der Waals surface area contributed by atoms with Crippen LogP contribution in [0.3, 0.4) is 0 Å². The molecule has 1 aliphatic rings. The van der Waals surface area contributed by atoms with Crippen LogP contribution < -0.4 is 4.74 Å². The standard InChI is InChI=1S/C17H27NO4/c1-3-18(4-2)10-13(19)11-22-17-7-5-6-12-8-15(20)16(21)9-14(12)17/h5-7,13,15-16,19-21H,3-4,8-11H2,1-2H3/t13-,15+,16-/m0/s1. The molecule has 3 N–H and O–H groups in total. The first-order chi connectivity index (χ1) is 10.5. The van der Waals surface area contributed by atoms with E-state index in [0.29, 0.717) is 25.1 Å². The summed E-state index contributed by atoms with van der Waals surface area (Å²) in [7, 11) is 0. The first kappa shape index (κ1) is 17.2. The third kappa shape index (κ3) is 4.20. The van der Waals surface area contributed by atoms with E-state index in [1.54, 1.807) is 0 Å². The minimum absolute atomic E-state index is 0.228. The van der Waals surface area contributed by atoms with Crippen molar-refractivity contribution >= 4 is 0 Å². The zero-order chi connectivity index (χ0) is 16.1. The van der Waals surface area contributed by atoms with Gasteiger partial charge in [0.25, 0.3) is 0 Å². The third-order valence-electron chi connectivity index (χ3n) is 4.31. The molecule has 1 aromatic carbocycles. The quantitative estimate of drug-likeness (QED) is 0.687. The van der Waals surface area contributed by atoms with E-state index in [1.807, 2.05) is 18.2 Å². The number of benzene rings is 1. The Morgan fingerprint density at radius 2 is 1.86 bits per heavy atom. The van der Waals surface area contributed by atoms with E-state index < -0.39 is 18.3 Å². The molecule has 124 valence electrons. The highest BCUT2D eigenvalue weighted by Crippen LogP contribution is 2.30. The molecule has 0 saturated heterocycles. The maximum atomic E-state index is 10.1. The molecule has 0 saturated carbocycles. The van der Waals surface area contributed by atoms with E-state index in [-0.39, 0.29) is 6.61 Å². The Labute approximate surface area is 132 Å². The lowest BCUT2D eigenvalue weighted by Crippen LogP contribution is -2.36. The molecule has 22 heavy (non-hydrogen) atoms. The summed E-state index contributed by atoms with van der Waals surface area (Å²) < 4.78 is 5.77. The largest absolute Gasteiger partial charge is 0.491 e. The summed E-state index contributed by atoms with van der Waals surface area (Å²) in [4.78, 5) is 2.15. The van der Waals surface area contributed by atoms with Crippen molar-refractivity contribution in [3.8, 4) is 5.75 Å². The molecule has 0 radical (unpaired) electrons. The van der Waals surface area contributed by atoms with E-state index in [1.165, 1.54) is 0 Å². The number of hydrogen-bond acceptors (Lipinski definition) is 5. The van der Waals surface area contributed by atoms with Gasteiger partial charge in [-0.15, -0.1) is 0 Å². The van der Waals surface area contributed by atoms with Crippen molar-refractivity contribution in [3.63, 3.8) is 0 Å². The molecule has 0 spiro atoms. The number of aliphatic hydroxyl groups is 3. The van der Waals surface area contributed by atoms with Crippen LogP contribution in [0.15, 0.2) is 18.2 Å². The van der Waals surface area contributed by atoms with Crippen LogP contribution in [0.25, 0.3) is 0 Å². The molecule has 3 atom stereocenters. The van der Waals surface area contributed by atoms with E-state index >= 15 is 0 Å². The summed E-state index contributed by atoms with van der Waals surface area (Å²) >= 11 is 0. The van der Waals surface area contributed by atoms with Gasteiger partial charge in [0.15, 0.2) is 0 Å². The van der Waals surface area contributed by atoms with E-state index in [9.17, 15) is 15.3 Å². The van der Waals surface area contributed by atoms with Gasteiger partial charge in [0, 0.05) is 24.9 Å². The lowest BCUT2D eigenvalue weighted by Gasteiger charge is -2.28. The van der Waals surface area contributed by atoms with Crippen molar-refractivity contribution in [2.45, 2.75) is 45.0 Å². The smallest absolute Gasteiger partial charge is 0.123 e. The van der Waals surface area contributed by atoms with E-state index in [2.05, 4.69) is 18.7 Å². The van der Waals surface area contributed by atoms with Crippen LogP contribution >= 0.6 is 0 Å². The molecule has 1 aliphatic carbocycles. The van der Waals surface area contributed by atoms with Gasteiger partial charge in [-0.05, 0) is 24.7 Å². The molecule has 2 rings (SSSR count). The molecule has 0 fully saturated rings. The molecule has 5 heteroatoms. The van der Waals surface area contributed by atoms with E-state index in [4.69, 9.17) is 4.74 Å². The van der Waals surface area contributed by atoms with Crippen molar-refractivity contribution in [2.24, 2.45) is 0 Å². The summed E-state index contributed by atoms with van der Waals surface area (Å²) in [6, 6.07) is 5.69. The maximum absolute atomic E-state index is 10.1. The Bertz CT molecular complexity index is 476. The zero-order valence-electron chi connectivity index (χ0n) is 13.4. The molecule has 0 aromatic heterocycles. The van der Waals surface area contributed by atoms with Gasteiger partial charge in [-0.2, -0.15) is 0 Å². The average molecular weight is 309 g/mol. The Morgan fingerprint density at radius 1 is 1.18 bits per heavy atom. The SMILES string of the molecule is CCN(CC)C[C@H](O)COc1cccc2c1C[C@H](O)[C@H](O)C2. The van der Waals surface area contributed by atoms with E-state index in [0.717, 1.165) is 24.2 Å². The Hall–Kier alpha value is -1.14. The fraction of sp³-hybridized carbons (Fsp3) is 0.647. The molecule has 0 aliphatic heterocycles. The third-order valence-corrected chi connectivity index (χ3v) is 4.31. The van der Waals surface area contributed by atoms with Gasteiger partial charge in [-0.25, -0.2) is 0 Å². The monoisotopic (exact) mass is 309 g/mol. The highest BCUT2D eigenvalue weighted by Gasteiger charge is 2.27. The van der Waals surface area contributed by atoms with Crippen LogP contribution in [0, 0.1) is 0 Å². The number of ether oxygens (including phenoxy) is 1. The fourth-order valence-electron chi connectivity index (χ4n) is 2.89. The number of hydrogen-bond donors (Lipinski definition) is 3. The van der Waals surface area contributed by atoms with Crippen molar-refractivity contribution < 1.29 is 20.1 Å². The van der Waals surface area contributed by atoms with Crippen molar-refractivity contribution in [1.29, 1.82) is 0 Å². The number of nitrogens with zero attached hydrogens (tertiary/aromatic N) is 1. The molecule has 1 aromatic rings. The van der Waals surface area contributed by atoms with Crippen LogP contribution in [-0.2, 0) is 12.8 Å². The number of likely N-dealkylation sites (N-methyl/N-ethyl adjacent to an activating group) is 1. The average Bonchev–Trinajstić information content (AvgIpc) is 2.51. The molecule has 0 bridgehead atoms. The van der Waals surface area contributed by atoms with Gasteiger partial charge in [0.2, 0.25) is 0 Å². The minimum Gasteiger partial charge on any atom is -0.491 e. The first-order valence-corrected chi connectivity index (χ1v) is 8.05. The second-order valence-corrected chi connectivity index (χ2v) is 5.89. The number of rotatable bonds is 7. The van der Waals surface area contributed by atoms with Gasteiger partial charge in [-0.3, -0.25) is 0 Å². The minimum atomic E-state index is -0.752. The lowest BCUT2D eigenvalue weighted by molar-refractivity contribution is 0.0130. The van der Waals surface area contributed by atoms with Crippen LogP contribution in [0.2, 0.25) is 0 Å². The predicted molar refractivity (Wildman–Crippen MR) is 85.2 cm³/mol. The van der Waals surface area contributed by atoms with Crippen LogP contribution in [-0.4, -0.2) is 64.8 Å². The highest BCUT2D eigenvalue weighted by molar-refractivity contribution is 5.43. The predicted octanol–water partition coefficient (Wildman–Crippen LogP) is 0.588. The topological polar surface area (TPSA) is 73.2 Å². The van der Waals surface area contributed by atoms with Gasteiger partial charge >= 0.3 is 0 Å². The Kier molecular flexibility index (Phi) is 6.20. The van der Waals surface area contributed by atoms with Crippen molar-refractivity contribution in [2.75, 3.05) is 26.2 Å². The van der Waals surface area contributed by atoms with Crippen molar-refractivity contribution in [3.05, 3.63) is 29.3 Å². The molecule has 0 amide bonds. The molecule has 0 unspecified atom stereocenters. The fourth-order valence-corrected chi connectivity index (χ4v) is 2.89. The Morgan fingerprint density at radius 3 is 2.55 bits per heavy atom. The second kappa shape index (κ2) is 7.92. The van der Waals surface area contributed by atoms with Gasteiger partial charge in [0.05, 0.1) is 12.2 Å². The summed E-state index contributed by atoms with van der Waals surface area (Å²) in [5.74, 6) is 0.696. The summed E-state index contributed by atoms with van der Waals surface area (Å²) in [6.07, 6.45) is -1.18. The Balaban J connectivity index is 1.98. The van der Waals surface area contributed by atoms with Gasteiger partial charge in [0.1, 0.15) is 18.5 Å². The highest BCUT2D eigenvalue weighted by atomic mass is 16.5. The summed E-state index contributed by atoms with van der Waals surface area (Å²) in [5, 5.41) is 29.7. The summed E-state index contributed by atoms with van der Waals surface area (Å²) in [5.41, 5.74) is 1.95. The molecule has 5 nitrogen and oxygen atoms in total.